The van der Waals surface area contributed by atoms with Gasteiger partial charge in [0.25, 0.3) is 5.91 Å². The summed E-state index contributed by atoms with van der Waals surface area (Å²) in [7, 11) is 1.55. The fraction of sp³-hybridized carbons (Fsp3) is 0.312. The van der Waals surface area contributed by atoms with Gasteiger partial charge in [0.15, 0.2) is 5.58 Å². The van der Waals surface area contributed by atoms with E-state index >= 15 is 0 Å². The first kappa shape index (κ1) is 16.0. The minimum absolute atomic E-state index is 0.146. The second-order valence-corrected chi connectivity index (χ2v) is 5.42. The molecule has 126 valence electrons. The van der Waals surface area contributed by atoms with Crippen LogP contribution in [0.5, 0.6) is 0 Å². The number of benzene rings is 1. The zero-order chi connectivity index (χ0) is 17.3. The van der Waals surface area contributed by atoms with E-state index in [2.05, 4.69) is 16.9 Å². The Balaban J connectivity index is 1.83. The fourth-order valence-corrected chi connectivity index (χ4v) is 2.64. The van der Waals surface area contributed by atoms with Gasteiger partial charge in [-0.1, -0.05) is 6.58 Å². The number of nitrogens with zero attached hydrogens (tertiary/aromatic N) is 3. The number of amides is 2. The molecule has 0 bridgehead atoms. The Hall–Kier alpha value is -2.87. The maximum Gasteiger partial charge on any atom is 0.300 e. The van der Waals surface area contributed by atoms with Crippen LogP contribution in [0.2, 0.25) is 0 Å². The van der Waals surface area contributed by atoms with Crippen LogP contribution in [0.1, 0.15) is 10.4 Å². The van der Waals surface area contributed by atoms with Crippen molar-refractivity contribution in [2.75, 3.05) is 31.6 Å². The van der Waals surface area contributed by atoms with Gasteiger partial charge >= 0.3 is 6.01 Å². The number of carbonyl (C=O) groups is 2. The van der Waals surface area contributed by atoms with E-state index in [0.29, 0.717) is 29.8 Å². The highest BCUT2D eigenvalue weighted by Gasteiger charge is 2.30. The minimum Gasteiger partial charge on any atom is -0.423 e. The third-order valence-electron chi connectivity index (χ3n) is 3.95. The van der Waals surface area contributed by atoms with Crippen molar-refractivity contribution in [3.05, 3.63) is 36.4 Å². The van der Waals surface area contributed by atoms with Crippen LogP contribution in [0.15, 0.2) is 35.3 Å². The molecular formula is C16H18N4O4. The lowest BCUT2D eigenvalue weighted by atomic mass is 10.2. The third-order valence-corrected chi connectivity index (χ3v) is 3.95. The second-order valence-electron chi connectivity index (χ2n) is 5.42. The number of nitrogens with one attached hydrogen (secondary N) is 1. The predicted octanol–water partition coefficient (Wildman–Crippen LogP) is 0.340. The first-order chi connectivity index (χ1) is 11.5. The number of aliphatic hydroxyl groups is 1. The Bertz CT molecular complexity index is 800. The van der Waals surface area contributed by atoms with Crippen molar-refractivity contribution in [1.29, 1.82) is 0 Å². The Morgan fingerprint density at radius 3 is 2.92 bits per heavy atom. The molecule has 1 fully saturated rings. The van der Waals surface area contributed by atoms with Gasteiger partial charge in [0, 0.05) is 25.7 Å². The third kappa shape index (κ3) is 2.83. The summed E-state index contributed by atoms with van der Waals surface area (Å²) in [5.74, 6) is -0.437. The zero-order valence-corrected chi connectivity index (χ0v) is 13.2. The highest BCUT2D eigenvalue weighted by Crippen LogP contribution is 2.25. The van der Waals surface area contributed by atoms with Crippen LogP contribution in [-0.4, -0.2) is 59.7 Å². The van der Waals surface area contributed by atoms with Crippen molar-refractivity contribution in [1.82, 2.24) is 15.2 Å². The average Bonchev–Trinajstić information content (AvgIpc) is 3.02. The molecule has 0 saturated carbocycles. The fourth-order valence-electron chi connectivity index (χ4n) is 2.64. The van der Waals surface area contributed by atoms with Gasteiger partial charge in [0.05, 0.1) is 6.54 Å². The number of hydrogen-bond acceptors (Lipinski definition) is 6. The van der Waals surface area contributed by atoms with Crippen LogP contribution in [0, 0.1) is 0 Å². The normalized spacial score (nSPS) is 17.8. The van der Waals surface area contributed by atoms with Gasteiger partial charge in [0.2, 0.25) is 5.91 Å². The van der Waals surface area contributed by atoms with Crippen LogP contribution in [-0.2, 0) is 4.79 Å². The van der Waals surface area contributed by atoms with Gasteiger partial charge in [-0.3, -0.25) is 14.5 Å². The predicted molar refractivity (Wildman–Crippen MR) is 87.5 cm³/mol. The Morgan fingerprint density at radius 2 is 2.25 bits per heavy atom. The van der Waals surface area contributed by atoms with E-state index in [0.717, 1.165) is 0 Å². The second kappa shape index (κ2) is 6.32. The summed E-state index contributed by atoms with van der Waals surface area (Å²) in [4.78, 5) is 30.8. The molecule has 1 atom stereocenters. The molecule has 8 heteroatoms. The molecule has 1 aliphatic rings. The summed E-state index contributed by atoms with van der Waals surface area (Å²) >= 11 is 0. The summed E-state index contributed by atoms with van der Waals surface area (Å²) in [6, 6.07) is 5.22. The maximum atomic E-state index is 11.7. The lowest BCUT2D eigenvalue weighted by Crippen LogP contribution is -2.54. The summed E-state index contributed by atoms with van der Waals surface area (Å²) in [6.45, 7) is 4.41. The molecule has 1 saturated heterocycles. The summed E-state index contributed by atoms with van der Waals surface area (Å²) in [6.07, 6.45) is 0.302. The lowest BCUT2D eigenvalue weighted by molar-refractivity contribution is -0.128. The quantitative estimate of drug-likeness (QED) is 0.788. The first-order valence-corrected chi connectivity index (χ1v) is 7.52. The molecule has 1 aliphatic heterocycles. The van der Waals surface area contributed by atoms with E-state index in [9.17, 15) is 14.7 Å². The van der Waals surface area contributed by atoms with Gasteiger partial charge in [-0.15, -0.1) is 0 Å². The molecule has 3 rings (SSSR count). The molecule has 2 N–H and O–H groups in total. The Labute approximate surface area is 138 Å². The van der Waals surface area contributed by atoms with Crippen molar-refractivity contribution >= 4 is 28.9 Å². The number of β-amino-alcohol motifs (C(OH)–C–C–N with tert-alkyl or cyclic N) is 1. The van der Waals surface area contributed by atoms with E-state index in [1.54, 1.807) is 30.1 Å². The molecule has 2 amide bonds. The van der Waals surface area contributed by atoms with Crippen molar-refractivity contribution in [2.45, 2.75) is 6.23 Å². The van der Waals surface area contributed by atoms with Crippen molar-refractivity contribution in [2.24, 2.45) is 0 Å². The van der Waals surface area contributed by atoms with Gasteiger partial charge < -0.3 is 19.7 Å². The van der Waals surface area contributed by atoms with E-state index < -0.39 is 6.23 Å². The molecule has 0 radical (unpaired) electrons. The van der Waals surface area contributed by atoms with Gasteiger partial charge in [-0.2, -0.15) is 4.98 Å². The van der Waals surface area contributed by atoms with Gasteiger partial charge in [-0.25, -0.2) is 0 Å². The number of oxazole rings is 1. The van der Waals surface area contributed by atoms with Gasteiger partial charge in [-0.05, 0) is 24.3 Å². The van der Waals surface area contributed by atoms with E-state index in [4.69, 9.17) is 4.42 Å². The van der Waals surface area contributed by atoms with Crippen molar-refractivity contribution in [3.63, 3.8) is 0 Å². The SMILES string of the molecule is C=CC(=O)N1CCN(c2nc3ccc(C(=O)NC)cc3o2)C(O)C1. The monoisotopic (exact) mass is 330 g/mol. The number of rotatable bonds is 3. The highest BCUT2D eigenvalue weighted by atomic mass is 16.4. The molecule has 2 heterocycles. The maximum absolute atomic E-state index is 11.7. The molecular weight excluding hydrogens is 312 g/mol. The number of carbonyl (C=O) groups excluding carboxylic acids is 2. The molecule has 0 spiro atoms. The largest absolute Gasteiger partial charge is 0.423 e. The number of piperazine rings is 1. The first-order valence-electron chi connectivity index (χ1n) is 7.52. The molecule has 1 aromatic heterocycles. The number of aromatic nitrogens is 1. The van der Waals surface area contributed by atoms with Crippen LogP contribution in [0.4, 0.5) is 6.01 Å². The van der Waals surface area contributed by atoms with Gasteiger partial charge in [0.1, 0.15) is 11.7 Å². The van der Waals surface area contributed by atoms with Crippen LogP contribution in [0.25, 0.3) is 11.1 Å². The number of aliphatic hydroxyl groups excluding tert-OH is 1. The number of fused-ring (bicyclic) bond motifs is 1. The summed E-state index contributed by atoms with van der Waals surface area (Å²) in [5, 5.41) is 12.8. The van der Waals surface area contributed by atoms with Crippen LogP contribution < -0.4 is 10.2 Å². The highest BCUT2D eigenvalue weighted by molar-refractivity contribution is 5.97. The zero-order valence-electron chi connectivity index (χ0n) is 13.2. The molecule has 8 nitrogen and oxygen atoms in total. The van der Waals surface area contributed by atoms with Crippen LogP contribution >= 0.6 is 0 Å². The van der Waals surface area contributed by atoms with E-state index in [-0.39, 0.29) is 24.4 Å². The Kier molecular flexibility index (Phi) is 4.22. The molecule has 0 aliphatic carbocycles. The molecule has 1 unspecified atom stereocenters. The topological polar surface area (TPSA) is 98.9 Å². The average molecular weight is 330 g/mol. The standard InChI is InChI=1S/C16H18N4O4/c1-3-13(21)19-6-7-20(14(22)9-19)16-18-11-5-4-10(15(23)17-2)8-12(11)24-16/h3-5,8,14,22H,1,6-7,9H2,2H3,(H,17,23). The Morgan fingerprint density at radius 1 is 1.46 bits per heavy atom. The lowest BCUT2D eigenvalue weighted by Gasteiger charge is -2.37. The smallest absolute Gasteiger partial charge is 0.300 e. The minimum atomic E-state index is -0.922. The molecule has 1 aromatic carbocycles. The summed E-state index contributed by atoms with van der Waals surface area (Å²) in [5.41, 5.74) is 1.52. The van der Waals surface area contributed by atoms with E-state index in [1.807, 2.05) is 0 Å². The molecule has 2 aromatic rings. The van der Waals surface area contributed by atoms with Crippen molar-refractivity contribution in [3.8, 4) is 0 Å². The number of hydrogen-bond donors (Lipinski definition) is 2. The summed E-state index contributed by atoms with van der Waals surface area (Å²) < 4.78 is 5.69. The van der Waals surface area contributed by atoms with Crippen LogP contribution in [0.3, 0.4) is 0 Å². The van der Waals surface area contributed by atoms with Crippen molar-refractivity contribution < 1.29 is 19.1 Å². The number of anilines is 1. The molecule has 24 heavy (non-hydrogen) atoms. The van der Waals surface area contributed by atoms with E-state index in [1.165, 1.54) is 11.0 Å².